The Hall–Kier alpha value is -2.92. The van der Waals surface area contributed by atoms with Gasteiger partial charge in [0, 0.05) is 34.0 Å². The number of pyridine rings is 1. The van der Waals surface area contributed by atoms with Crippen LogP contribution in [0.5, 0.6) is 5.88 Å². The quantitative estimate of drug-likeness (QED) is 0.602. The van der Waals surface area contributed by atoms with Gasteiger partial charge in [0.25, 0.3) is 0 Å². The SMILES string of the molecule is C=CC(=O)N1Cc2sc(C)cc2[C@@H](c2ccccc2-c2cccnc2OC)C1. The zero-order valence-electron chi connectivity index (χ0n) is 16.0. The zero-order chi connectivity index (χ0) is 19.7. The maximum absolute atomic E-state index is 12.4. The molecule has 142 valence electrons. The van der Waals surface area contributed by atoms with E-state index in [0.717, 1.165) is 11.1 Å². The number of hydrogen-bond donors (Lipinski definition) is 0. The van der Waals surface area contributed by atoms with Crippen molar-refractivity contribution >= 4 is 17.2 Å². The van der Waals surface area contributed by atoms with Gasteiger partial charge in [0.2, 0.25) is 11.8 Å². The summed E-state index contributed by atoms with van der Waals surface area (Å²) >= 11 is 1.76. The lowest BCUT2D eigenvalue weighted by molar-refractivity contribution is -0.127. The summed E-state index contributed by atoms with van der Waals surface area (Å²) in [7, 11) is 1.64. The predicted octanol–water partition coefficient (Wildman–Crippen LogP) is 4.79. The molecule has 5 heteroatoms. The van der Waals surface area contributed by atoms with E-state index >= 15 is 0 Å². The highest BCUT2D eigenvalue weighted by molar-refractivity contribution is 7.12. The fourth-order valence-electron chi connectivity index (χ4n) is 3.92. The third kappa shape index (κ3) is 3.22. The van der Waals surface area contributed by atoms with Crippen molar-refractivity contribution in [1.82, 2.24) is 9.88 Å². The molecule has 0 bridgehead atoms. The largest absolute Gasteiger partial charge is 0.481 e. The molecule has 0 fully saturated rings. The fraction of sp³-hybridized carbons (Fsp3) is 0.217. The molecule has 28 heavy (non-hydrogen) atoms. The molecule has 2 aromatic heterocycles. The molecule has 0 saturated carbocycles. The first-order valence-corrected chi connectivity index (χ1v) is 10.0. The molecule has 4 rings (SSSR count). The molecule has 0 unspecified atom stereocenters. The van der Waals surface area contributed by atoms with E-state index in [1.54, 1.807) is 24.6 Å². The molecule has 1 aliphatic rings. The van der Waals surface area contributed by atoms with E-state index in [-0.39, 0.29) is 11.8 Å². The van der Waals surface area contributed by atoms with Crippen molar-refractivity contribution in [2.45, 2.75) is 19.4 Å². The Labute approximate surface area is 169 Å². The molecule has 3 aromatic rings. The molecule has 3 heterocycles. The second-order valence-corrected chi connectivity index (χ2v) is 8.20. The van der Waals surface area contributed by atoms with Crippen LogP contribution in [0.4, 0.5) is 0 Å². The number of aromatic nitrogens is 1. The van der Waals surface area contributed by atoms with Crippen molar-refractivity contribution in [1.29, 1.82) is 0 Å². The minimum absolute atomic E-state index is 0.0295. The number of aryl methyl sites for hydroxylation is 1. The minimum Gasteiger partial charge on any atom is -0.481 e. The van der Waals surface area contributed by atoms with Crippen molar-refractivity contribution in [3.8, 4) is 17.0 Å². The number of hydrogen-bond acceptors (Lipinski definition) is 4. The van der Waals surface area contributed by atoms with E-state index in [1.807, 2.05) is 23.1 Å². The van der Waals surface area contributed by atoms with E-state index in [2.05, 4.69) is 42.8 Å². The van der Waals surface area contributed by atoms with Crippen LogP contribution in [-0.4, -0.2) is 29.4 Å². The van der Waals surface area contributed by atoms with Gasteiger partial charge in [-0.2, -0.15) is 0 Å². The standard InChI is InChI=1S/C23H22N2O2S/c1-4-22(26)25-13-20(19-12-15(2)28-21(19)14-25)17-9-6-5-8-16(17)18-10-7-11-24-23(18)27-3/h4-12,20H,1,13-14H2,2-3H3/t20-/m1/s1. The van der Waals surface area contributed by atoms with E-state index in [9.17, 15) is 4.79 Å². The van der Waals surface area contributed by atoms with Crippen LogP contribution >= 0.6 is 11.3 Å². The number of carbonyl (C=O) groups is 1. The van der Waals surface area contributed by atoms with Crippen molar-refractivity contribution in [3.05, 3.63) is 82.2 Å². The van der Waals surface area contributed by atoms with E-state index < -0.39 is 0 Å². The Morgan fingerprint density at radius 2 is 2.04 bits per heavy atom. The Morgan fingerprint density at radius 3 is 2.82 bits per heavy atom. The first-order valence-electron chi connectivity index (χ1n) is 9.21. The minimum atomic E-state index is -0.0295. The molecule has 0 radical (unpaired) electrons. The summed E-state index contributed by atoms with van der Waals surface area (Å²) in [6.07, 6.45) is 3.13. The molecule has 0 spiro atoms. The molecule has 1 amide bonds. The second-order valence-electron chi connectivity index (χ2n) is 6.86. The van der Waals surface area contributed by atoms with Crippen molar-refractivity contribution in [2.24, 2.45) is 0 Å². The van der Waals surface area contributed by atoms with Crippen molar-refractivity contribution < 1.29 is 9.53 Å². The fourth-order valence-corrected chi connectivity index (χ4v) is 5.04. The first-order chi connectivity index (χ1) is 13.6. The van der Waals surface area contributed by atoms with Gasteiger partial charge < -0.3 is 9.64 Å². The van der Waals surface area contributed by atoms with Gasteiger partial charge in [0.05, 0.1) is 13.7 Å². The van der Waals surface area contributed by atoms with Crippen LogP contribution in [0.2, 0.25) is 0 Å². The summed E-state index contributed by atoms with van der Waals surface area (Å²) in [5.41, 5.74) is 4.53. The van der Waals surface area contributed by atoms with Crippen LogP contribution < -0.4 is 4.74 Å². The summed E-state index contributed by atoms with van der Waals surface area (Å²) in [4.78, 5) is 21.2. The highest BCUT2D eigenvalue weighted by atomic mass is 32.1. The molecule has 4 nitrogen and oxygen atoms in total. The van der Waals surface area contributed by atoms with Crippen LogP contribution in [-0.2, 0) is 11.3 Å². The summed E-state index contributed by atoms with van der Waals surface area (Å²) in [5, 5.41) is 0. The topological polar surface area (TPSA) is 42.4 Å². The van der Waals surface area contributed by atoms with Gasteiger partial charge in [-0.3, -0.25) is 4.79 Å². The molecule has 1 aliphatic heterocycles. The van der Waals surface area contributed by atoms with Gasteiger partial charge >= 0.3 is 0 Å². The predicted molar refractivity (Wildman–Crippen MR) is 113 cm³/mol. The Bertz CT molecular complexity index is 1040. The van der Waals surface area contributed by atoms with Gasteiger partial charge in [-0.1, -0.05) is 30.8 Å². The molecule has 1 aromatic carbocycles. The average molecular weight is 391 g/mol. The Morgan fingerprint density at radius 1 is 1.25 bits per heavy atom. The number of rotatable bonds is 4. The van der Waals surface area contributed by atoms with Crippen LogP contribution in [0.1, 0.15) is 26.8 Å². The van der Waals surface area contributed by atoms with Gasteiger partial charge in [-0.05, 0) is 47.9 Å². The highest BCUT2D eigenvalue weighted by Crippen LogP contribution is 2.42. The molecular formula is C23H22N2O2S. The third-order valence-electron chi connectivity index (χ3n) is 5.15. The summed E-state index contributed by atoms with van der Waals surface area (Å²) < 4.78 is 5.51. The number of nitrogens with zero attached hydrogens (tertiary/aromatic N) is 2. The third-order valence-corrected chi connectivity index (χ3v) is 6.21. The van der Waals surface area contributed by atoms with Gasteiger partial charge in [0.15, 0.2) is 0 Å². The first kappa shape index (κ1) is 18.4. The van der Waals surface area contributed by atoms with Crippen LogP contribution in [0.25, 0.3) is 11.1 Å². The number of methoxy groups -OCH3 is 1. The number of carbonyl (C=O) groups excluding carboxylic acids is 1. The van der Waals surface area contributed by atoms with Crippen LogP contribution in [0, 0.1) is 6.92 Å². The van der Waals surface area contributed by atoms with Crippen LogP contribution in [0.3, 0.4) is 0 Å². The maximum atomic E-state index is 12.4. The summed E-state index contributed by atoms with van der Waals surface area (Å²) in [6, 6.07) is 14.5. The van der Waals surface area contributed by atoms with Crippen molar-refractivity contribution in [3.63, 3.8) is 0 Å². The number of benzene rings is 1. The lowest BCUT2D eigenvalue weighted by Crippen LogP contribution is -2.37. The summed E-state index contributed by atoms with van der Waals surface area (Å²) in [5.74, 6) is 0.670. The number of fused-ring (bicyclic) bond motifs is 1. The van der Waals surface area contributed by atoms with E-state index in [0.29, 0.717) is 19.0 Å². The zero-order valence-corrected chi connectivity index (χ0v) is 16.8. The number of thiophene rings is 1. The van der Waals surface area contributed by atoms with Crippen molar-refractivity contribution in [2.75, 3.05) is 13.7 Å². The smallest absolute Gasteiger partial charge is 0.246 e. The molecular weight excluding hydrogens is 368 g/mol. The highest BCUT2D eigenvalue weighted by Gasteiger charge is 2.31. The molecule has 0 N–H and O–H groups in total. The monoisotopic (exact) mass is 390 g/mol. The lowest BCUT2D eigenvalue weighted by Gasteiger charge is -2.33. The Balaban J connectivity index is 1.87. The Kier molecular flexibility index (Phi) is 5.01. The number of amides is 1. The normalized spacial score (nSPS) is 15.8. The summed E-state index contributed by atoms with van der Waals surface area (Å²) in [6.45, 7) is 7.07. The van der Waals surface area contributed by atoms with Crippen LogP contribution in [0.15, 0.2) is 61.3 Å². The molecule has 0 aliphatic carbocycles. The van der Waals surface area contributed by atoms with E-state index in [1.165, 1.54) is 27.0 Å². The number of ether oxygens (including phenoxy) is 1. The average Bonchev–Trinajstić information content (AvgIpc) is 3.12. The van der Waals surface area contributed by atoms with Gasteiger partial charge in [-0.15, -0.1) is 11.3 Å². The van der Waals surface area contributed by atoms with Gasteiger partial charge in [-0.25, -0.2) is 4.98 Å². The maximum Gasteiger partial charge on any atom is 0.246 e. The second kappa shape index (κ2) is 7.60. The molecule has 1 atom stereocenters. The molecule has 0 saturated heterocycles. The van der Waals surface area contributed by atoms with E-state index in [4.69, 9.17) is 4.74 Å². The lowest BCUT2D eigenvalue weighted by atomic mass is 9.84. The van der Waals surface area contributed by atoms with Gasteiger partial charge in [0.1, 0.15) is 0 Å².